The average Bonchev–Trinajstić information content (AvgIpc) is 3.26. The van der Waals surface area contributed by atoms with Crippen molar-refractivity contribution in [3.05, 3.63) is 59.9 Å². The standard InChI is InChI=1S/C17H14N3O/c18-16(21)14-8-13(11-6-7-11)9-20-10-15(19-17(14)20)12-4-2-1-3-5-12/h1-5,9-11H,6-7H2,(H2,18,21). The molecule has 21 heavy (non-hydrogen) atoms. The summed E-state index contributed by atoms with van der Waals surface area (Å²) >= 11 is 0. The quantitative estimate of drug-likeness (QED) is 0.799. The van der Waals surface area contributed by atoms with Crippen molar-refractivity contribution in [2.75, 3.05) is 0 Å². The van der Waals surface area contributed by atoms with Crippen LogP contribution < -0.4 is 5.73 Å². The highest BCUT2D eigenvalue weighted by Crippen LogP contribution is 2.40. The van der Waals surface area contributed by atoms with Gasteiger partial charge in [-0.25, -0.2) is 4.98 Å². The van der Waals surface area contributed by atoms with E-state index in [-0.39, 0.29) is 0 Å². The lowest BCUT2D eigenvalue weighted by Gasteiger charge is -2.03. The molecule has 0 atom stereocenters. The summed E-state index contributed by atoms with van der Waals surface area (Å²) in [5.74, 6) is 0.0304. The predicted molar refractivity (Wildman–Crippen MR) is 80.0 cm³/mol. The van der Waals surface area contributed by atoms with Gasteiger partial charge < -0.3 is 10.1 Å². The van der Waals surface area contributed by atoms with Gasteiger partial charge in [0, 0.05) is 24.0 Å². The third-order valence-corrected chi connectivity index (χ3v) is 3.84. The molecule has 1 aliphatic carbocycles. The molecule has 2 N–H and O–H groups in total. The smallest absolute Gasteiger partial charge is 0.253 e. The summed E-state index contributed by atoms with van der Waals surface area (Å²) in [7, 11) is 0. The highest BCUT2D eigenvalue weighted by molar-refractivity contribution is 5.99. The molecule has 0 unspecified atom stereocenters. The summed E-state index contributed by atoms with van der Waals surface area (Å²) in [5.41, 5.74) is 9.35. The fourth-order valence-corrected chi connectivity index (χ4v) is 2.58. The van der Waals surface area contributed by atoms with Crippen LogP contribution in [0.5, 0.6) is 0 Å². The molecule has 0 saturated heterocycles. The molecule has 1 amide bonds. The minimum atomic E-state index is -0.479. The number of amides is 1. The van der Waals surface area contributed by atoms with E-state index in [1.807, 2.05) is 47.1 Å². The Kier molecular flexibility index (Phi) is 2.57. The number of hydrogen-bond acceptors (Lipinski definition) is 2. The number of nitrogens with two attached hydrogens (primary N) is 1. The first-order valence-corrected chi connectivity index (χ1v) is 7.02. The third kappa shape index (κ3) is 2.09. The molecule has 0 aliphatic heterocycles. The molecule has 3 aromatic rings. The summed E-state index contributed by atoms with van der Waals surface area (Å²) in [6, 6.07) is 13.1. The van der Waals surface area contributed by atoms with E-state index < -0.39 is 5.91 Å². The zero-order valence-corrected chi connectivity index (χ0v) is 11.4. The maximum absolute atomic E-state index is 11.7. The first-order chi connectivity index (χ1) is 10.2. The molecule has 4 nitrogen and oxygen atoms in total. The summed E-state index contributed by atoms with van der Waals surface area (Å²) in [4.78, 5) is 16.2. The molecular weight excluding hydrogens is 262 g/mol. The maximum Gasteiger partial charge on any atom is 0.253 e. The molecule has 1 saturated carbocycles. The number of hydrogen-bond donors (Lipinski definition) is 1. The number of benzene rings is 1. The lowest BCUT2D eigenvalue weighted by Crippen LogP contribution is -2.13. The molecule has 4 rings (SSSR count). The maximum atomic E-state index is 11.7. The van der Waals surface area contributed by atoms with Crippen molar-refractivity contribution in [2.24, 2.45) is 5.73 Å². The molecule has 2 heterocycles. The Morgan fingerprint density at radius 2 is 2.00 bits per heavy atom. The molecule has 0 bridgehead atoms. The molecule has 0 spiro atoms. The number of fused-ring (bicyclic) bond motifs is 1. The van der Waals surface area contributed by atoms with Gasteiger partial charge in [-0.1, -0.05) is 30.3 Å². The first-order valence-electron chi connectivity index (χ1n) is 7.02. The van der Waals surface area contributed by atoms with Crippen LogP contribution >= 0.6 is 0 Å². The first kappa shape index (κ1) is 12.1. The van der Waals surface area contributed by atoms with E-state index in [1.54, 1.807) is 0 Å². The summed E-state index contributed by atoms with van der Waals surface area (Å²) in [6.45, 7) is 0. The molecule has 103 valence electrons. The van der Waals surface area contributed by atoms with Gasteiger partial charge in [-0.15, -0.1) is 0 Å². The van der Waals surface area contributed by atoms with Crippen LogP contribution in [0, 0.1) is 6.07 Å². The van der Waals surface area contributed by atoms with Crippen molar-refractivity contribution in [3.8, 4) is 11.3 Å². The summed E-state index contributed by atoms with van der Waals surface area (Å²) < 4.78 is 1.90. The Bertz CT molecular complexity index is 832. The lowest BCUT2D eigenvalue weighted by molar-refractivity contribution is 0.100. The number of carbonyl (C=O) groups is 1. The molecule has 1 aliphatic rings. The number of carbonyl (C=O) groups excluding carboxylic acids is 1. The van der Waals surface area contributed by atoms with Crippen LogP contribution in [-0.2, 0) is 0 Å². The van der Waals surface area contributed by atoms with Crippen molar-refractivity contribution in [1.82, 2.24) is 9.38 Å². The van der Waals surface area contributed by atoms with E-state index in [2.05, 4.69) is 11.1 Å². The highest BCUT2D eigenvalue weighted by Gasteiger charge is 2.26. The fourth-order valence-electron chi connectivity index (χ4n) is 2.58. The van der Waals surface area contributed by atoms with Gasteiger partial charge in [0.15, 0.2) is 5.65 Å². The lowest BCUT2D eigenvalue weighted by atomic mass is 10.1. The number of nitrogens with zero attached hydrogens (tertiary/aromatic N) is 2. The molecule has 1 aromatic carbocycles. The van der Waals surface area contributed by atoms with Gasteiger partial charge in [-0.05, 0) is 24.3 Å². The number of imidazole rings is 1. The van der Waals surface area contributed by atoms with Crippen molar-refractivity contribution >= 4 is 11.6 Å². The van der Waals surface area contributed by atoms with Gasteiger partial charge in [-0.3, -0.25) is 4.79 Å². The van der Waals surface area contributed by atoms with Crippen molar-refractivity contribution in [1.29, 1.82) is 0 Å². The Morgan fingerprint density at radius 3 is 2.67 bits per heavy atom. The third-order valence-electron chi connectivity index (χ3n) is 3.84. The van der Waals surface area contributed by atoms with Crippen molar-refractivity contribution < 1.29 is 4.79 Å². The second kappa shape index (κ2) is 4.45. The largest absolute Gasteiger partial charge is 0.365 e. The zero-order chi connectivity index (χ0) is 14.4. The normalized spacial score (nSPS) is 14.5. The van der Waals surface area contributed by atoms with Crippen LogP contribution in [0.4, 0.5) is 0 Å². The minimum Gasteiger partial charge on any atom is -0.365 e. The Hall–Kier alpha value is -2.62. The van der Waals surface area contributed by atoms with E-state index in [1.165, 1.54) is 0 Å². The molecule has 1 fully saturated rings. The van der Waals surface area contributed by atoms with Gasteiger partial charge in [0.1, 0.15) is 0 Å². The van der Waals surface area contributed by atoms with Crippen LogP contribution in [0.1, 0.15) is 34.7 Å². The Morgan fingerprint density at radius 1 is 1.24 bits per heavy atom. The fraction of sp³-hybridized carbons (Fsp3) is 0.176. The molecular formula is C17H14N3O. The number of rotatable bonds is 3. The van der Waals surface area contributed by atoms with Gasteiger partial charge in [0.05, 0.1) is 11.3 Å². The van der Waals surface area contributed by atoms with Crippen molar-refractivity contribution in [3.63, 3.8) is 0 Å². The van der Waals surface area contributed by atoms with Crippen LogP contribution in [0.2, 0.25) is 0 Å². The zero-order valence-electron chi connectivity index (χ0n) is 11.4. The number of aromatic nitrogens is 2. The van der Waals surface area contributed by atoms with Crippen LogP contribution in [0.25, 0.3) is 16.9 Å². The Balaban J connectivity index is 1.93. The molecule has 1 radical (unpaired) electrons. The highest BCUT2D eigenvalue weighted by atomic mass is 16.1. The monoisotopic (exact) mass is 276 g/mol. The minimum absolute atomic E-state index is 0.376. The Labute approximate surface area is 122 Å². The summed E-state index contributed by atoms with van der Waals surface area (Å²) in [5, 5.41) is 0. The molecule has 4 heteroatoms. The van der Waals surface area contributed by atoms with Gasteiger partial charge >= 0.3 is 0 Å². The SMILES string of the molecule is NC(=O)c1[c]c(C2CC2)cn2cc(-c3ccccc3)nc12. The predicted octanol–water partition coefficient (Wildman–Crippen LogP) is 2.78. The van der Waals surface area contributed by atoms with E-state index in [0.29, 0.717) is 17.1 Å². The van der Waals surface area contributed by atoms with E-state index in [9.17, 15) is 4.79 Å². The van der Waals surface area contributed by atoms with Crippen LogP contribution in [0.15, 0.2) is 42.7 Å². The van der Waals surface area contributed by atoms with E-state index in [0.717, 1.165) is 29.7 Å². The van der Waals surface area contributed by atoms with E-state index >= 15 is 0 Å². The van der Waals surface area contributed by atoms with Gasteiger partial charge in [0.25, 0.3) is 5.91 Å². The second-order valence-electron chi connectivity index (χ2n) is 5.45. The van der Waals surface area contributed by atoms with Gasteiger partial charge in [0.2, 0.25) is 0 Å². The van der Waals surface area contributed by atoms with Crippen LogP contribution in [-0.4, -0.2) is 15.3 Å². The van der Waals surface area contributed by atoms with Gasteiger partial charge in [-0.2, -0.15) is 0 Å². The number of pyridine rings is 1. The second-order valence-corrected chi connectivity index (χ2v) is 5.45. The average molecular weight is 276 g/mol. The van der Waals surface area contributed by atoms with E-state index in [4.69, 9.17) is 5.73 Å². The number of primary amides is 1. The van der Waals surface area contributed by atoms with Crippen LogP contribution in [0.3, 0.4) is 0 Å². The topological polar surface area (TPSA) is 60.4 Å². The molecule has 2 aromatic heterocycles. The van der Waals surface area contributed by atoms with Crippen molar-refractivity contribution in [2.45, 2.75) is 18.8 Å². The summed E-state index contributed by atoms with van der Waals surface area (Å²) in [6.07, 6.45) is 6.26.